The number of carbonyl (C=O) groups excluding carboxylic acids is 1. The summed E-state index contributed by atoms with van der Waals surface area (Å²) in [4.78, 5) is 11.3. The van der Waals surface area contributed by atoms with E-state index in [0.29, 0.717) is 30.8 Å². The summed E-state index contributed by atoms with van der Waals surface area (Å²) in [6.07, 6.45) is 3.09. The second-order valence-electron chi connectivity index (χ2n) is 6.29. The van der Waals surface area contributed by atoms with Crippen molar-refractivity contribution in [2.24, 2.45) is 0 Å². The van der Waals surface area contributed by atoms with Crippen LogP contribution >= 0.6 is 0 Å². The van der Waals surface area contributed by atoms with Gasteiger partial charge in [-0.2, -0.15) is 0 Å². The van der Waals surface area contributed by atoms with Gasteiger partial charge in [-0.05, 0) is 49.2 Å². The molecule has 0 saturated heterocycles. The molecule has 2 rings (SSSR count). The van der Waals surface area contributed by atoms with Gasteiger partial charge in [-0.1, -0.05) is 31.0 Å². The summed E-state index contributed by atoms with van der Waals surface area (Å²) in [5.41, 5.74) is 2.18. The molecular weight excluding hydrogens is 380 g/mol. The minimum Gasteiger partial charge on any atom is -0.497 e. The molecule has 0 spiro atoms. The van der Waals surface area contributed by atoms with Gasteiger partial charge in [-0.25, -0.2) is 13.9 Å². The average Bonchev–Trinajstić information content (AvgIpc) is 2.73. The minimum absolute atomic E-state index is 0.241. The zero-order chi connectivity index (χ0) is 20.4. The molecule has 0 heterocycles. The summed E-state index contributed by atoms with van der Waals surface area (Å²) >= 11 is 0. The Bertz CT molecular complexity index is 839. The van der Waals surface area contributed by atoms with Gasteiger partial charge in [-0.3, -0.25) is 14.3 Å². The van der Waals surface area contributed by atoms with Gasteiger partial charge in [0.1, 0.15) is 5.75 Å². The Morgan fingerprint density at radius 2 is 1.64 bits per heavy atom. The predicted octanol–water partition coefficient (Wildman–Crippen LogP) is 3.35. The van der Waals surface area contributed by atoms with Gasteiger partial charge >= 0.3 is 0 Å². The molecule has 28 heavy (non-hydrogen) atoms. The van der Waals surface area contributed by atoms with Crippen LogP contribution in [0.15, 0.2) is 59.5 Å². The summed E-state index contributed by atoms with van der Waals surface area (Å²) in [5.74, 6) is 0.245. The molecule has 0 aliphatic heterocycles. The summed E-state index contributed by atoms with van der Waals surface area (Å²) in [6.45, 7) is 0.329. The number of methoxy groups -OCH3 is 1. The SMILES string of the molecule is COc1ccc(N(CCCCCCC(=O)NO)S(=O)(=O)c2ccccc2)cc1. The number of carbonyl (C=O) groups is 1. The van der Waals surface area contributed by atoms with Crippen molar-refractivity contribution < 1.29 is 23.2 Å². The Kier molecular flexibility index (Phi) is 8.28. The van der Waals surface area contributed by atoms with Crippen LogP contribution in [-0.2, 0) is 14.8 Å². The molecule has 0 radical (unpaired) electrons. The van der Waals surface area contributed by atoms with Crippen molar-refractivity contribution in [3.05, 3.63) is 54.6 Å². The molecule has 0 unspecified atom stereocenters. The first-order valence-corrected chi connectivity index (χ1v) is 10.6. The molecule has 1 amide bonds. The van der Waals surface area contributed by atoms with E-state index in [1.807, 2.05) is 0 Å². The molecule has 0 bridgehead atoms. The molecule has 8 heteroatoms. The molecule has 0 saturated carbocycles. The zero-order valence-electron chi connectivity index (χ0n) is 15.9. The number of ether oxygens (including phenoxy) is 1. The lowest BCUT2D eigenvalue weighted by Gasteiger charge is -2.25. The number of rotatable bonds is 11. The van der Waals surface area contributed by atoms with Gasteiger partial charge in [0.15, 0.2) is 0 Å². The number of nitrogens with zero attached hydrogens (tertiary/aromatic N) is 1. The molecule has 0 aliphatic carbocycles. The van der Waals surface area contributed by atoms with E-state index in [0.717, 1.165) is 12.8 Å². The smallest absolute Gasteiger partial charge is 0.264 e. The van der Waals surface area contributed by atoms with Gasteiger partial charge in [0.2, 0.25) is 5.91 Å². The lowest BCUT2D eigenvalue weighted by atomic mass is 10.1. The van der Waals surface area contributed by atoms with Crippen LogP contribution in [0.1, 0.15) is 32.1 Å². The summed E-state index contributed by atoms with van der Waals surface area (Å²) < 4.78 is 32.9. The molecule has 152 valence electrons. The first-order valence-electron chi connectivity index (χ1n) is 9.14. The molecule has 7 nitrogen and oxygen atoms in total. The van der Waals surface area contributed by atoms with Crippen LogP contribution in [0, 0.1) is 0 Å². The first kappa shape index (κ1) is 21.7. The van der Waals surface area contributed by atoms with Crippen molar-refractivity contribution in [1.29, 1.82) is 0 Å². The van der Waals surface area contributed by atoms with Gasteiger partial charge in [0, 0.05) is 13.0 Å². The van der Waals surface area contributed by atoms with Crippen LogP contribution in [-0.4, -0.2) is 33.2 Å². The first-order chi connectivity index (χ1) is 13.5. The lowest BCUT2D eigenvalue weighted by molar-refractivity contribution is -0.129. The highest BCUT2D eigenvalue weighted by Crippen LogP contribution is 2.26. The predicted molar refractivity (Wildman–Crippen MR) is 107 cm³/mol. The number of hydroxylamine groups is 1. The maximum absolute atomic E-state index is 13.1. The number of nitrogens with one attached hydrogen (secondary N) is 1. The van der Waals surface area contributed by atoms with Gasteiger partial charge in [0.05, 0.1) is 17.7 Å². The van der Waals surface area contributed by atoms with Crippen molar-refractivity contribution in [3.63, 3.8) is 0 Å². The Morgan fingerprint density at radius 3 is 2.25 bits per heavy atom. The molecule has 0 aliphatic rings. The average molecular weight is 407 g/mol. The van der Waals surface area contributed by atoms with Crippen LogP contribution in [0.5, 0.6) is 5.75 Å². The third-order valence-corrected chi connectivity index (χ3v) is 6.17. The van der Waals surface area contributed by atoms with Crippen LogP contribution in [0.3, 0.4) is 0 Å². The minimum atomic E-state index is -3.69. The highest BCUT2D eigenvalue weighted by atomic mass is 32.2. The standard InChI is InChI=1S/C20H26N2O5S/c1-27-18-14-12-17(13-15-18)22(16-8-3-2-7-11-20(23)21-24)28(25,26)19-9-5-4-6-10-19/h4-6,9-10,12-15,24H,2-3,7-8,11,16H2,1H3,(H,21,23). The van der Waals surface area contributed by atoms with E-state index in [1.54, 1.807) is 67.2 Å². The molecule has 2 N–H and O–H groups in total. The van der Waals surface area contributed by atoms with E-state index in [-0.39, 0.29) is 11.3 Å². The highest BCUT2D eigenvalue weighted by molar-refractivity contribution is 7.92. The number of benzene rings is 2. The fraction of sp³-hybridized carbons (Fsp3) is 0.350. The topological polar surface area (TPSA) is 95.9 Å². The van der Waals surface area contributed by atoms with Gasteiger partial charge in [-0.15, -0.1) is 0 Å². The van der Waals surface area contributed by atoms with E-state index >= 15 is 0 Å². The monoisotopic (exact) mass is 406 g/mol. The second-order valence-corrected chi connectivity index (χ2v) is 8.15. The normalized spacial score (nSPS) is 11.1. The summed E-state index contributed by atoms with van der Waals surface area (Å²) in [6, 6.07) is 15.3. The third-order valence-electron chi connectivity index (χ3n) is 4.33. The van der Waals surface area contributed by atoms with Crippen LogP contribution in [0.25, 0.3) is 0 Å². The number of amides is 1. The number of hydrogen-bond acceptors (Lipinski definition) is 5. The summed E-state index contributed by atoms with van der Waals surface area (Å²) in [5, 5.41) is 8.49. The largest absolute Gasteiger partial charge is 0.497 e. The van der Waals surface area contributed by atoms with E-state index in [1.165, 1.54) is 4.31 Å². The van der Waals surface area contributed by atoms with E-state index < -0.39 is 15.9 Å². The second kappa shape index (κ2) is 10.7. The van der Waals surface area contributed by atoms with Crippen molar-refractivity contribution >= 4 is 21.6 Å². The maximum atomic E-state index is 13.1. The van der Waals surface area contributed by atoms with Crippen molar-refractivity contribution in [1.82, 2.24) is 5.48 Å². The van der Waals surface area contributed by atoms with Crippen molar-refractivity contribution in [2.75, 3.05) is 18.0 Å². The number of anilines is 1. The molecule has 2 aromatic carbocycles. The number of hydrogen-bond donors (Lipinski definition) is 2. The molecule has 0 aromatic heterocycles. The van der Waals surface area contributed by atoms with Crippen molar-refractivity contribution in [2.45, 2.75) is 37.0 Å². The summed E-state index contributed by atoms with van der Waals surface area (Å²) in [7, 11) is -2.13. The number of sulfonamides is 1. The number of unbranched alkanes of at least 4 members (excludes halogenated alkanes) is 3. The van der Waals surface area contributed by atoms with E-state index in [2.05, 4.69) is 0 Å². The Labute approximate surface area is 166 Å². The quantitative estimate of drug-likeness (QED) is 0.339. The van der Waals surface area contributed by atoms with Crippen LogP contribution in [0.4, 0.5) is 5.69 Å². The zero-order valence-corrected chi connectivity index (χ0v) is 16.7. The van der Waals surface area contributed by atoms with Gasteiger partial charge in [0.25, 0.3) is 10.0 Å². The third kappa shape index (κ3) is 5.97. The fourth-order valence-electron chi connectivity index (χ4n) is 2.81. The molecule has 2 aromatic rings. The molecular formula is C20H26N2O5S. The van der Waals surface area contributed by atoms with E-state index in [4.69, 9.17) is 9.94 Å². The fourth-order valence-corrected chi connectivity index (χ4v) is 4.33. The molecule has 0 atom stereocenters. The molecule has 0 fully saturated rings. The van der Waals surface area contributed by atoms with Gasteiger partial charge < -0.3 is 4.74 Å². The Hall–Kier alpha value is -2.58. The van der Waals surface area contributed by atoms with Crippen LogP contribution in [0.2, 0.25) is 0 Å². The lowest BCUT2D eigenvalue weighted by Crippen LogP contribution is -2.32. The highest BCUT2D eigenvalue weighted by Gasteiger charge is 2.24. The Balaban J connectivity index is 2.09. The van der Waals surface area contributed by atoms with E-state index in [9.17, 15) is 13.2 Å². The van der Waals surface area contributed by atoms with Crippen LogP contribution < -0.4 is 14.5 Å². The Morgan fingerprint density at radius 1 is 1.00 bits per heavy atom. The maximum Gasteiger partial charge on any atom is 0.264 e. The van der Waals surface area contributed by atoms with Crippen molar-refractivity contribution in [3.8, 4) is 5.75 Å².